The number of ether oxygens (including phenoxy) is 2. The zero-order valence-corrected chi connectivity index (χ0v) is 12.3. The number of carbonyl (C=O) groups excluding carboxylic acids is 1. The van der Waals surface area contributed by atoms with Crippen LogP contribution in [0.1, 0.15) is 13.8 Å². The van der Waals surface area contributed by atoms with Crippen molar-refractivity contribution in [3.05, 3.63) is 24.3 Å². The molecule has 1 rings (SSSR count). The molecule has 6 heteroatoms. The molecule has 0 radical (unpaired) electrons. The number of carbonyl (C=O) groups is 1. The summed E-state index contributed by atoms with van der Waals surface area (Å²) in [4.78, 5) is 11.7. The van der Waals surface area contributed by atoms with Crippen molar-refractivity contribution in [2.24, 2.45) is 5.41 Å². The number of hydrogen-bond acceptors (Lipinski definition) is 5. The maximum Gasteiger partial charge on any atom is 0.312 e. The van der Waals surface area contributed by atoms with Crippen molar-refractivity contribution in [2.45, 2.75) is 18.7 Å². The molecule has 19 heavy (non-hydrogen) atoms. The van der Waals surface area contributed by atoms with Crippen molar-refractivity contribution in [3.8, 4) is 5.75 Å². The molecule has 0 spiro atoms. The highest BCUT2D eigenvalue weighted by atomic mass is 32.2. The highest BCUT2D eigenvalue weighted by Crippen LogP contribution is 2.26. The molecule has 0 aliphatic heterocycles. The van der Waals surface area contributed by atoms with Gasteiger partial charge in [0.1, 0.15) is 5.75 Å². The molecule has 5 nitrogen and oxygen atoms in total. The zero-order chi connectivity index (χ0) is 14.7. The number of rotatable bonds is 5. The molecule has 1 aromatic carbocycles. The normalized spacial score (nSPS) is 12.0. The highest BCUT2D eigenvalue weighted by molar-refractivity contribution is 7.91. The van der Waals surface area contributed by atoms with Crippen molar-refractivity contribution in [2.75, 3.05) is 20.0 Å². The lowest BCUT2D eigenvalue weighted by molar-refractivity contribution is -0.149. The number of hydrogen-bond donors (Lipinski definition) is 0. The van der Waals surface area contributed by atoms with Crippen LogP contribution in [0, 0.1) is 5.41 Å². The molecule has 0 saturated heterocycles. The molecule has 0 N–H and O–H groups in total. The van der Waals surface area contributed by atoms with Crippen molar-refractivity contribution < 1.29 is 22.7 Å². The molecule has 106 valence electrons. The van der Waals surface area contributed by atoms with Gasteiger partial charge in [0, 0.05) is 0 Å². The second-order valence-corrected chi connectivity index (χ2v) is 6.80. The van der Waals surface area contributed by atoms with E-state index in [1.54, 1.807) is 12.1 Å². The molecular formula is C13H18O5S. The minimum Gasteiger partial charge on any atom is -0.497 e. The minimum absolute atomic E-state index is 0.129. The fourth-order valence-corrected chi connectivity index (χ4v) is 3.50. The van der Waals surface area contributed by atoms with E-state index < -0.39 is 21.2 Å². The Balaban J connectivity index is 3.08. The van der Waals surface area contributed by atoms with E-state index in [-0.39, 0.29) is 10.6 Å². The lowest BCUT2D eigenvalue weighted by atomic mass is 9.97. The van der Waals surface area contributed by atoms with Gasteiger partial charge in [-0.1, -0.05) is 6.07 Å². The van der Waals surface area contributed by atoms with Crippen LogP contribution in [0.25, 0.3) is 0 Å². The van der Waals surface area contributed by atoms with Gasteiger partial charge in [-0.3, -0.25) is 4.79 Å². The lowest BCUT2D eigenvalue weighted by Crippen LogP contribution is -2.33. The third-order valence-corrected chi connectivity index (χ3v) is 4.76. The molecule has 0 saturated carbocycles. The SMILES string of the molecule is COC(=O)C(C)(C)CS(=O)(=O)c1cccc(OC)c1. The number of benzene rings is 1. The van der Waals surface area contributed by atoms with E-state index in [1.165, 1.54) is 40.2 Å². The Bertz CT molecular complexity index is 560. The Morgan fingerprint density at radius 3 is 2.42 bits per heavy atom. The molecule has 0 fully saturated rings. The third kappa shape index (κ3) is 3.70. The van der Waals surface area contributed by atoms with Gasteiger partial charge in [-0.25, -0.2) is 8.42 Å². The molecule has 0 aliphatic carbocycles. The molecule has 0 aromatic heterocycles. The summed E-state index contributed by atoms with van der Waals surface area (Å²) in [6.07, 6.45) is 0. The van der Waals surface area contributed by atoms with E-state index in [4.69, 9.17) is 4.74 Å². The predicted octanol–water partition coefficient (Wildman–Crippen LogP) is 1.67. The van der Waals surface area contributed by atoms with Crippen molar-refractivity contribution >= 4 is 15.8 Å². The first-order valence-electron chi connectivity index (χ1n) is 5.68. The van der Waals surface area contributed by atoms with E-state index in [0.29, 0.717) is 5.75 Å². The predicted molar refractivity (Wildman–Crippen MR) is 70.8 cm³/mol. The molecule has 0 unspecified atom stereocenters. The first kappa shape index (κ1) is 15.5. The van der Waals surface area contributed by atoms with Gasteiger partial charge in [-0.15, -0.1) is 0 Å². The quantitative estimate of drug-likeness (QED) is 0.770. The zero-order valence-electron chi connectivity index (χ0n) is 11.5. The maximum absolute atomic E-state index is 12.3. The van der Waals surface area contributed by atoms with Crippen LogP contribution in [0.3, 0.4) is 0 Å². The van der Waals surface area contributed by atoms with Gasteiger partial charge < -0.3 is 9.47 Å². The van der Waals surface area contributed by atoms with Crippen molar-refractivity contribution in [1.82, 2.24) is 0 Å². The van der Waals surface area contributed by atoms with Crippen LogP contribution < -0.4 is 4.74 Å². The molecule has 0 bridgehead atoms. The van der Waals surface area contributed by atoms with Crippen molar-refractivity contribution in [1.29, 1.82) is 0 Å². The molecular weight excluding hydrogens is 268 g/mol. The fraction of sp³-hybridized carbons (Fsp3) is 0.462. The van der Waals surface area contributed by atoms with Crippen LogP contribution in [-0.4, -0.2) is 34.4 Å². The maximum atomic E-state index is 12.3. The van der Waals surface area contributed by atoms with Gasteiger partial charge in [0.15, 0.2) is 9.84 Å². The fourth-order valence-electron chi connectivity index (χ4n) is 1.69. The Kier molecular flexibility index (Phi) is 4.57. The Labute approximate surface area is 113 Å². The van der Waals surface area contributed by atoms with E-state index in [2.05, 4.69) is 4.74 Å². The van der Waals surface area contributed by atoms with Crippen LogP contribution in [-0.2, 0) is 19.4 Å². The summed E-state index contributed by atoms with van der Waals surface area (Å²) in [5, 5.41) is 0. The van der Waals surface area contributed by atoms with Gasteiger partial charge in [-0.2, -0.15) is 0 Å². The Morgan fingerprint density at radius 1 is 1.26 bits per heavy atom. The van der Waals surface area contributed by atoms with Gasteiger partial charge in [-0.05, 0) is 32.0 Å². The Morgan fingerprint density at radius 2 is 1.89 bits per heavy atom. The molecule has 0 heterocycles. The Hall–Kier alpha value is -1.56. The lowest BCUT2D eigenvalue weighted by Gasteiger charge is -2.21. The number of esters is 1. The second kappa shape index (κ2) is 5.61. The average molecular weight is 286 g/mol. The van der Waals surface area contributed by atoms with Crippen LogP contribution in [0.5, 0.6) is 5.75 Å². The van der Waals surface area contributed by atoms with E-state index in [1.807, 2.05) is 0 Å². The number of sulfone groups is 1. The van der Waals surface area contributed by atoms with Gasteiger partial charge >= 0.3 is 5.97 Å². The summed E-state index contributed by atoms with van der Waals surface area (Å²) < 4.78 is 34.2. The van der Waals surface area contributed by atoms with Gasteiger partial charge in [0.2, 0.25) is 0 Å². The van der Waals surface area contributed by atoms with Gasteiger partial charge in [0.25, 0.3) is 0 Å². The first-order valence-corrected chi connectivity index (χ1v) is 7.33. The second-order valence-electron chi connectivity index (χ2n) is 4.81. The van der Waals surface area contributed by atoms with Crippen LogP contribution in [0.2, 0.25) is 0 Å². The summed E-state index contributed by atoms with van der Waals surface area (Å²) in [6.45, 7) is 3.08. The topological polar surface area (TPSA) is 69.7 Å². The number of methoxy groups -OCH3 is 2. The summed E-state index contributed by atoms with van der Waals surface area (Å²) in [5.41, 5.74) is -1.10. The van der Waals surface area contributed by atoms with Crippen LogP contribution in [0.15, 0.2) is 29.2 Å². The van der Waals surface area contributed by atoms with Crippen LogP contribution >= 0.6 is 0 Å². The standard InChI is InChI=1S/C13H18O5S/c1-13(2,12(14)18-4)9-19(15,16)11-7-5-6-10(8-11)17-3/h5-8H,9H2,1-4H3. The average Bonchev–Trinajstić information content (AvgIpc) is 2.36. The largest absolute Gasteiger partial charge is 0.497 e. The summed E-state index contributed by atoms with van der Waals surface area (Å²) >= 11 is 0. The van der Waals surface area contributed by atoms with E-state index in [9.17, 15) is 13.2 Å². The monoisotopic (exact) mass is 286 g/mol. The summed E-state index contributed by atoms with van der Waals surface area (Å²) in [6, 6.07) is 6.16. The van der Waals surface area contributed by atoms with Crippen molar-refractivity contribution in [3.63, 3.8) is 0 Å². The van der Waals surface area contributed by atoms with Gasteiger partial charge in [0.05, 0.1) is 30.3 Å². The first-order chi connectivity index (χ1) is 8.73. The third-order valence-electron chi connectivity index (χ3n) is 2.69. The molecule has 0 aliphatic rings. The summed E-state index contributed by atoms with van der Waals surface area (Å²) in [7, 11) is -0.886. The minimum atomic E-state index is -3.59. The molecule has 1 aromatic rings. The highest BCUT2D eigenvalue weighted by Gasteiger charge is 2.35. The van der Waals surface area contributed by atoms with E-state index in [0.717, 1.165) is 0 Å². The summed E-state index contributed by atoms with van der Waals surface area (Å²) in [5.74, 6) is -0.421. The molecule has 0 amide bonds. The molecule has 0 atom stereocenters. The van der Waals surface area contributed by atoms with E-state index >= 15 is 0 Å². The smallest absolute Gasteiger partial charge is 0.312 e. The van der Waals surface area contributed by atoms with Crippen LogP contribution in [0.4, 0.5) is 0 Å².